The van der Waals surface area contributed by atoms with Gasteiger partial charge in [0.1, 0.15) is 11.9 Å². The zero-order valence-corrected chi connectivity index (χ0v) is 12.4. The standard InChI is InChI=1S/C17H22N2O2/c1-21-15-5-3-2-4-13(15)17-18-10-16(20)19(17)14-9-11-6-7-12(14)8-11/h2-5,11-12,14,17-18H,6-10H2,1H3. The summed E-state index contributed by atoms with van der Waals surface area (Å²) in [5.74, 6) is 2.64. The molecule has 1 amide bonds. The highest BCUT2D eigenvalue weighted by Gasteiger charge is 2.48. The molecular weight excluding hydrogens is 264 g/mol. The van der Waals surface area contributed by atoms with Gasteiger partial charge in [0.05, 0.1) is 13.7 Å². The van der Waals surface area contributed by atoms with Crippen LogP contribution in [0.5, 0.6) is 5.75 Å². The van der Waals surface area contributed by atoms with Crippen molar-refractivity contribution in [2.45, 2.75) is 37.9 Å². The van der Waals surface area contributed by atoms with Crippen LogP contribution in [0.3, 0.4) is 0 Å². The predicted molar refractivity (Wildman–Crippen MR) is 79.8 cm³/mol. The van der Waals surface area contributed by atoms with Crippen LogP contribution in [0.25, 0.3) is 0 Å². The number of amides is 1. The third-order valence-corrected chi connectivity index (χ3v) is 5.50. The van der Waals surface area contributed by atoms with E-state index in [1.165, 1.54) is 25.7 Å². The number of methoxy groups -OCH3 is 1. The molecule has 0 spiro atoms. The molecule has 21 heavy (non-hydrogen) atoms. The highest BCUT2D eigenvalue weighted by Crippen LogP contribution is 2.49. The predicted octanol–water partition coefficient (Wildman–Crippen LogP) is 2.31. The summed E-state index contributed by atoms with van der Waals surface area (Å²) in [6.07, 6.45) is 5.11. The van der Waals surface area contributed by atoms with Crippen molar-refractivity contribution < 1.29 is 9.53 Å². The zero-order chi connectivity index (χ0) is 14.4. The Kier molecular flexibility index (Phi) is 3.14. The fourth-order valence-electron chi connectivity index (χ4n) is 4.60. The van der Waals surface area contributed by atoms with Crippen molar-refractivity contribution in [3.8, 4) is 5.75 Å². The van der Waals surface area contributed by atoms with Crippen LogP contribution >= 0.6 is 0 Å². The second-order valence-corrected chi connectivity index (χ2v) is 6.57. The second kappa shape index (κ2) is 5.02. The maximum absolute atomic E-state index is 12.4. The van der Waals surface area contributed by atoms with Crippen LogP contribution in [0.4, 0.5) is 0 Å². The maximum Gasteiger partial charge on any atom is 0.238 e. The Morgan fingerprint density at radius 1 is 1.24 bits per heavy atom. The Labute approximate surface area is 125 Å². The van der Waals surface area contributed by atoms with Crippen LogP contribution in [-0.4, -0.2) is 30.5 Å². The van der Waals surface area contributed by atoms with Gasteiger partial charge >= 0.3 is 0 Å². The van der Waals surface area contributed by atoms with Crippen molar-refractivity contribution in [2.24, 2.45) is 11.8 Å². The average molecular weight is 286 g/mol. The molecule has 2 aliphatic carbocycles. The quantitative estimate of drug-likeness (QED) is 0.927. The molecule has 1 aliphatic heterocycles. The topological polar surface area (TPSA) is 41.6 Å². The minimum atomic E-state index is -0.0296. The van der Waals surface area contributed by atoms with Crippen LogP contribution in [0.1, 0.15) is 37.4 Å². The number of nitrogens with zero attached hydrogens (tertiary/aromatic N) is 1. The maximum atomic E-state index is 12.4. The highest BCUT2D eigenvalue weighted by molar-refractivity contribution is 5.81. The summed E-state index contributed by atoms with van der Waals surface area (Å²) >= 11 is 0. The number of benzene rings is 1. The van der Waals surface area contributed by atoms with Crippen LogP contribution < -0.4 is 10.1 Å². The Balaban J connectivity index is 1.66. The normalized spacial score (nSPS) is 34.7. The van der Waals surface area contributed by atoms with Gasteiger partial charge in [0.25, 0.3) is 0 Å². The number of carbonyl (C=O) groups is 1. The monoisotopic (exact) mass is 286 g/mol. The van der Waals surface area contributed by atoms with Crippen molar-refractivity contribution in [1.29, 1.82) is 0 Å². The van der Waals surface area contributed by atoms with E-state index in [1.54, 1.807) is 7.11 Å². The second-order valence-electron chi connectivity index (χ2n) is 6.57. The van der Waals surface area contributed by atoms with E-state index in [2.05, 4.69) is 16.3 Å². The SMILES string of the molecule is COc1ccccc1C1NCC(=O)N1C1CC2CCC1C2. The van der Waals surface area contributed by atoms with E-state index in [0.29, 0.717) is 18.5 Å². The number of nitrogens with one attached hydrogen (secondary N) is 1. The molecule has 0 radical (unpaired) electrons. The van der Waals surface area contributed by atoms with E-state index in [-0.39, 0.29) is 12.1 Å². The molecule has 2 saturated carbocycles. The molecule has 4 unspecified atom stereocenters. The van der Waals surface area contributed by atoms with Gasteiger partial charge in [-0.2, -0.15) is 0 Å². The number of para-hydroxylation sites is 1. The first-order valence-electron chi connectivity index (χ1n) is 7.95. The highest BCUT2D eigenvalue weighted by atomic mass is 16.5. The van der Waals surface area contributed by atoms with Gasteiger partial charge in [0.2, 0.25) is 5.91 Å². The van der Waals surface area contributed by atoms with E-state index in [0.717, 1.165) is 17.2 Å². The molecule has 0 aromatic heterocycles. The molecule has 4 heteroatoms. The minimum absolute atomic E-state index is 0.0296. The van der Waals surface area contributed by atoms with E-state index >= 15 is 0 Å². The zero-order valence-electron chi connectivity index (χ0n) is 12.4. The summed E-state index contributed by atoms with van der Waals surface area (Å²) in [7, 11) is 1.69. The lowest BCUT2D eigenvalue weighted by molar-refractivity contribution is -0.131. The van der Waals surface area contributed by atoms with Gasteiger partial charge in [-0.3, -0.25) is 10.1 Å². The van der Waals surface area contributed by atoms with E-state index in [4.69, 9.17) is 4.74 Å². The van der Waals surface area contributed by atoms with Crippen LogP contribution in [0, 0.1) is 11.8 Å². The third kappa shape index (κ3) is 2.04. The van der Waals surface area contributed by atoms with E-state index < -0.39 is 0 Å². The Hall–Kier alpha value is -1.55. The molecule has 2 bridgehead atoms. The van der Waals surface area contributed by atoms with E-state index in [9.17, 15) is 4.79 Å². The Morgan fingerprint density at radius 3 is 2.81 bits per heavy atom. The molecule has 1 saturated heterocycles. The molecule has 4 rings (SSSR count). The molecule has 3 fully saturated rings. The smallest absolute Gasteiger partial charge is 0.238 e. The number of hydrogen-bond donors (Lipinski definition) is 1. The summed E-state index contributed by atoms with van der Waals surface area (Å²) in [6.45, 7) is 0.441. The molecule has 3 aliphatic rings. The number of carbonyl (C=O) groups excluding carboxylic acids is 1. The fourth-order valence-corrected chi connectivity index (χ4v) is 4.60. The average Bonchev–Trinajstić information content (AvgIpc) is 3.22. The molecule has 4 atom stereocenters. The lowest BCUT2D eigenvalue weighted by atomic mass is 9.93. The van der Waals surface area contributed by atoms with Gasteiger partial charge in [-0.1, -0.05) is 24.6 Å². The lowest BCUT2D eigenvalue weighted by Crippen LogP contribution is -2.42. The number of fused-ring (bicyclic) bond motifs is 2. The molecule has 1 aromatic carbocycles. The van der Waals surface area contributed by atoms with E-state index in [1.807, 2.05) is 18.2 Å². The van der Waals surface area contributed by atoms with Crippen molar-refractivity contribution >= 4 is 5.91 Å². The number of hydrogen-bond acceptors (Lipinski definition) is 3. The molecule has 1 aromatic rings. The largest absolute Gasteiger partial charge is 0.496 e. The van der Waals surface area contributed by atoms with Gasteiger partial charge in [0.15, 0.2) is 0 Å². The summed E-state index contributed by atoms with van der Waals surface area (Å²) in [6, 6.07) is 8.44. The first kappa shape index (κ1) is 13.1. The molecular formula is C17H22N2O2. The van der Waals surface area contributed by atoms with Crippen LogP contribution in [-0.2, 0) is 4.79 Å². The van der Waals surface area contributed by atoms with Gasteiger partial charge in [-0.15, -0.1) is 0 Å². The molecule has 1 N–H and O–H groups in total. The molecule has 112 valence electrons. The molecule has 4 nitrogen and oxygen atoms in total. The number of rotatable bonds is 3. The Morgan fingerprint density at radius 2 is 2.10 bits per heavy atom. The molecule has 1 heterocycles. The summed E-state index contributed by atoms with van der Waals surface area (Å²) in [4.78, 5) is 14.6. The minimum Gasteiger partial charge on any atom is -0.496 e. The van der Waals surface area contributed by atoms with Crippen LogP contribution in [0.15, 0.2) is 24.3 Å². The summed E-state index contributed by atoms with van der Waals surface area (Å²) in [5.41, 5.74) is 1.08. The lowest BCUT2D eigenvalue weighted by Gasteiger charge is -2.36. The van der Waals surface area contributed by atoms with Crippen LogP contribution in [0.2, 0.25) is 0 Å². The van der Waals surface area contributed by atoms with Gasteiger partial charge < -0.3 is 9.64 Å². The summed E-state index contributed by atoms with van der Waals surface area (Å²) < 4.78 is 5.49. The van der Waals surface area contributed by atoms with Gasteiger partial charge in [-0.05, 0) is 37.2 Å². The van der Waals surface area contributed by atoms with Crippen molar-refractivity contribution in [1.82, 2.24) is 10.2 Å². The first-order valence-corrected chi connectivity index (χ1v) is 7.95. The van der Waals surface area contributed by atoms with Crippen molar-refractivity contribution in [3.63, 3.8) is 0 Å². The number of ether oxygens (including phenoxy) is 1. The van der Waals surface area contributed by atoms with Gasteiger partial charge in [-0.25, -0.2) is 0 Å². The third-order valence-electron chi connectivity index (χ3n) is 5.50. The van der Waals surface area contributed by atoms with Gasteiger partial charge in [0, 0.05) is 11.6 Å². The van der Waals surface area contributed by atoms with Crippen molar-refractivity contribution in [2.75, 3.05) is 13.7 Å². The first-order chi connectivity index (χ1) is 10.3. The van der Waals surface area contributed by atoms with Crippen molar-refractivity contribution in [3.05, 3.63) is 29.8 Å². The summed E-state index contributed by atoms with van der Waals surface area (Å²) in [5, 5.41) is 3.38. The fraction of sp³-hybridized carbons (Fsp3) is 0.588. The Bertz CT molecular complexity index is 559.